The summed E-state index contributed by atoms with van der Waals surface area (Å²) in [5.74, 6) is 0.378. The van der Waals surface area contributed by atoms with Crippen LogP contribution in [0.15, 0.2) is 58.3 Å². The Bertz CT molecular complexity index is 849. The van der Waals surface area contributed by atoms with Crippen LogP contribution >= 0.6 is 0 Å². The minimum absolute atomic E-state index is 0.351. The molecule has 2 N–H and O–H groups in total. The molecule has 0 aliphatic carbocycles. The number of anilines is 1. The first-order valence-electron chi connectivity index (χ1n) is 8.50. The average molecular weight is 342 g/mol. The quantitative estimate of drug-likeness (QED) is 0.880. The van der Waals surface area contributed by atoms with E-state index in [-0.39, 0.29) is 0 Å². The van der Waals surface area contributed by atoms with Crippen LogP contribution in [0, 0.1) is 0 Å². The van der Waals surface area contributed by atoms with E-state index in [1.165, 1.54) is 0 Å². The van der Waals surface area contributed by atoms with Gasteiger partial charge in [0.25, 0.3) is 0 Å². The smallest absolute Gasteiger partial charge is 0.206 e. The van der Waals surface area contributed by atoms with Crippen molar-refractivity contribution in [2.75, 3.05) is 11.9 Å². The van der Waals surface area contributed by atoms with Crippen LogP contribution in [-0.4, -0.2) is 27.0 Å². The Hall–Kier alpha value is -1.85. The van der Waals surface area contributed by atoms with Crippen molar-refractivity contribution < 1.29 is 8.42 Å². The second-order valence-electron chi connectivity index (χ2n) is 6.80. The third kappa shape index (κ3) is 2.62. The molecule has 3 atom stereocenters. The molecule has 4 rings (SSSR count). The maximum Gasteiger partial charge on any atom is 0.206 e. The molecule has 5 heteroatoms. The molecule has 2 aromatic carbocycles. The average Bonchev–Trinajstić information content (AvgIpc) is 2.81. The van der Waals surface area contributed by atoms with Crippen LogP contribution in [-0.2, 0) is 9.84 Å². The summed E-state index contributed by atoms with van der Waals surface area (Å²) >= 11 is 0. The summed E-state index contributed by atoms with van der Waals surface area (Å²) in [6, 6.07) is 15.1. The first-order valence-corrected chi connectivity index (χ1v) is 9.98. The standard InChI is InChI=1S/C19H22N2O2S/c1-13-11-19-16(9-10-20-13)17-12-15(7-8-18(17)21-19)24(22,23)14-5-3-2-4-6-14/h2-8,12-13,16,19-21H,9-11H2,1H3/t13?,16-,19?/m1/s1. The van der Waals surface area contributed by atoms with Gasteiger partial charge in [-0.05, 0) is 62.2 Å². The highest BCUT2D eigenvalue weighted by Crippen LogP contribution is 2.42. The number of hydrogen-bond acceptors (Lipinski definition) is 4. The van der Waals surface area contributed by atoms with Crippen molar-refractivity contribution >= 4 is 15.5 Å². The van der Waals surface area contributed by atoms with E-state index >= 15 is 0 Å². The van der Waals surface area contributed by atoms with Gasteiger partial charge in [0.1, 0.15) is 0 Å². The molecule has 0 aromatic heterocycles. The Labute approximate surface area is 143 Å². The molecule has 0 radical (unpaired) electrons. The number of sulfone groups is 1. The molecule has 0 saturated carbocycles. The molecule has 4 nitrogen and oxygen atoms in total. The predicted octanol–water partition coefficient (Wildman–Crippen LogP) is 3.17. The molecule has 1 fully saturated rings. The number of benzene rings is 2. The van der Waals surface area contributed by atoms with E-state index in [1.807, 2.05) is 18.2 Å². The van der Waals surface area contributed by atoms with Gasteiger partial charge < -0.3 is 10.6 Å². The highest BCUT2D eigenvalue weighted by atomic mass is 32.2. The van der Waals surface area contributed by atoms with E-state index in [4.69, 9.17) is 0 Å². The molecule has 2 aliphatic heterocycles. The molecule has 2 aliphatic rings. The number of fused-ring (bicyclic) bond motifs is 3. The van der Waals surface area contributed by atoms with Gasteiger partial charge in [0.15, 0.2) is 0 Å². The Morgan fingerprint density at radius 3 is 2.62 bits per heavy atom. The zero-order chi connectivity index (χ0) is 16.7. The maximum atomic E-state index is 12.9. The van der Waals surface area contributed by atoms with Gasteiger partial charge in [-0.2, -0.15) is 0 Å². The van der Waals surface area contributed by atoms with Crippen LogP contribution in [0.25, 0.3) is 0 Å². The molecule has 24 heavy (non-hydrogen) atoms. The second-order valence-corrected chi connectivity index (χ2v) is 8.75. The zero-order valence-corrected chi connectivity index (χ0v) is 14.5. The van der Waals surface area contributed by atoms with Crippen molar-refractivity contribution in [3.8, 4) is 0 Å². The van der Waals surface area contributed by atoms with Crippen LogP contribution in [0.4, 0.5) is 5.69 Å². The van der Waals surface area contributed by atoms with Gasteiger partial charge in [0, 0.05) is 23.7 Å². The molecule has 2 aromatic rings. The van der Waals surface area contributed by atoms with Crippen molar-refractivity contribution in [3.63, 3.8) is 0 Å². The minimum atomic E-state index is -3.46. The molecule has 0 amide bonds. The van der Waals surface area contributed by atoms with Gasteiger partial charge in [0.05, 0.1) is 9.79 Å². The van der Waals surface area contributed by atoms with Crippen LogP contribution in [0.5, 0.6) is 0 Å². The van der Waals surface area contributed by atoms with E-state index < -0.39 is 9.84 Å². The van der Waals surface area contributed by atoms with Crippen LogP contribution in [0.1, 0.15) is 31.2 Å². The zero-order valence-electron chi connectivity index (χ0n) is 13.7. The first-order chi connectivity index (χ1) is 11.6. The lowest BCUT2D eigenvalue weighted by molar-refractivity contribution is 0.521. The summed E-state index contributed by atoms with van der Waals surface area (Å²) in [4.78, 5) is 0.740. The van der Waals surface area contributed by atoms with Gasteiger partial charge in [-0.25, -0.2) is 8.42 Å². The van der Waals surface area contributed by atoms with Gasteiger partial charge >= 0.3 is 0 Å². The topological polar surface area (TPSA) is 58.2 Å². The fourth-order valence-corrected chi connectivity index (χ4v) is 5.25. The van der Waals surface area contributed by atoms with Crippen LogP contribution in [0.2, 0.25) is 0 Å². The highest BCUT2D eigenvalue weighted by Gasteiger charge is 2.35. The third-order valence-corrected chi connectivity index (χ3v) is 6.94. The SMILES string of the molecule is CC1CC2Nc3ccc(S(=O)(=O)c4ccccc4)cc3[C@H]2CCN1. The Morgan fingerprint density at radius 2 is 1.83 bits per heavy atom. The van der Waals surface area contributed by atoms with Gasteiger partial charge in [-0.15, -0.1) is 0 Å². The lowest BCUT2D eigenvalue weighted by Gasteiger charge is -2.18. The summed E-state index contributed by atoms with van der Waals surface area (Å²) in [6.45, 7) is 3.18. The predicted molar refractivity (Wildman–Crippen MR) is 95.2 cm³/mol. The second kappa shape index (κ2) is 5.90. The molecule has 2 heterocycles. The lowest BCUT2D eigenvalue weighted by atomic mass is 9.90. The number of rotatable bonds is 2. The lowest BCUT2D eigenvalue weighted by Crippen LogP contribution is -2.28. The molecular formula is C19H22N2O2S. The van der Waals surface area contributed by atoms with Crippen LogP contribution < -0.4 is 10.6 Å². The Morgan fingerprint density at radius 1 is 1.04 bits per heavy atom. The van der Waals surface area contributed by atoms with Crippen molar-refractivity contribution in [1.82, 2.24) is 5.32 Å². The monoisotopic (exact) mass is 342 g/mol. The normalized spacial score (nSPS) is 26.1. The fourth-order valence-electron chi connectivity index (χ4n) is 3.93. The molecule has 2 unspecified atom stereocenters. The Balaban J connectivity index is 1.73. The van der Waals surface area contributed by atoms with Crippen LogP contribution in [0.3, 0.4) is 0 Å². The third-order valence-electron chi connectivity index (χ3n) is 5.17. The first kappa shape index (κ1) is 15.7. The summed E-state index contributed by atoms with van der Waals surface area (Å²) in [5.41, 5.74) is 2.24. The molecule has 1 saturated heterocycles. The summed E-state index contributed by atoms with van der Waals surface area (Å²) < 4.78 is 25.8. The van der Waals surface area contributed by atoms with Crippen molar-refractivity contribution in [2.24, 2.45) is 0 Å². The van der Waals surface area contributed by atoms with Gasteiger partial charge in [0.2, 0.25) is 9.84 Å². The van der Waals surface area contributed by atoms with Crippen molar-refractivity contribution in [3.05, 3.63) is 54.1 Å². The highest BCUT2D eigenvalue weighted by molar-refractivity contribution is 7.91. The van der Waals surface area contributed by atoms with Gasteiger partial charge in [-0.1, -0.05) is 18.2 Å². The van der Waals surface area contributed by atoms with Gasteiger partial charge in [-0.3, -0.25) is 0 Å². The van der Waals surface area contributed by atoms with E-state index in [0.29, 0.717) is 27.8 Å². The summed E-state index contributed by atoms with van der Waals surface area (Å²) in [5, 5.41) is 7.11. The van der Waals surface area contributed by atoms with E-state index in [1.54, 1.807) is 30.3 Å². The summed E-state index contributed by atoms with van der Waals surface area (Å²) in [7, 11) is -3.46. The Kier molecular flexibility index (Phi) is 3.85. The van der Waals surface area contributed by atoms with E-state index in [9.17, 15) is 8.42 Å². The minimum Gasteiger partial charge on any atom is -0.381 e. The molecule has 0 bridgehead atoms. The van der Waals surface area contributed by atoms with E-state index in [0.717, 1.165) is 30.6 Å². The van der Waals surface area contributed by atoms with Crippen molar-refractivity contribution in [1.29, 1.82) is 0 Å². The molecule has 0 spiro atoms. The number of hydrogen-bond donors (Lipinski definition) is 2. The molecular weight excluding hydrogens is 320 g/mol. The maximum absolute atomic E-state index is 12.9. The largest absolute Gasteiger partial charge is 0.381 e. The number of nitrogens with one attached hydrogen (secondary N) is 2. The summed E-state index contributed by atoms with van der Waals surface area (Å²) in [6.07, 6.45) is 2.09. The molecule has 126 valence electrons. The fraction of sp³-hybridized carbons (Fsp3) is 0.368. The van der Waals surface area contributed by atoms with Crippen molar-refractivity contribution in [2.45, 2.75) is 47.6 Å². The van der Waals surface area contributed by atoms with E-state index in [2.05, 4.69) is 17.6 Å².